The van der Waals surface area contributed by atoms with Crippen LogP contribution in [0.25, 0.3) is 0 Å². The van der Waals surface area contributed by atoms with E-state index in [1.54, 1.807) is 23.1 Å². The molecule has 6 heteroatoms. The Labute approximate surface area is 152 Å². The van der Waals surface area contributed by atoms with Gasteiger partial charge in [0.1, 0.15) is 17.1 Å². The lowest BCUT2D eigenvalue weighted by Gasteiger charge is -2.28. The average Bonchev–Trinajstić information content (AvgIpc) is 2.70. The van der Waals surface area contributed by atoms with Gasteiger partial charge < -0.3 is 19.1 Å². The molecule has 1 aliphatic rings. The molecule has 0 saturated carbocycles. The van der Waals surface area contributed by atoms with Crippen molar-refractivity contribution >= 4 is 11.9 Å². The molecule has 0 spiro atoms. The predicted molar refractivity (Wildman–Crippen MR) is 95.4 cm³/mol. The highest BCUT2D eigenvalue weighted by Gasteiger charge is 2.24. The van der Waals surface area contributed by atoms with Crippen molar-refractivity contribution in [1.29, 1.82) is 0 Å². The number of rotatable bonds is 5. The van der Waals surface area contributed by atoms with Crippen LogP contribution in [0.3, 0.4) is 0 Å². The van der Waals surface area contributed by atoms with Crippen molar-refractivity contribution in [3.63, 3.8) is 0 Å². The van der Waals surface area contributed by atoms with Crippen LogP contribution in [0.2, 0.25) is 0 Å². The zero-order valence-corrected chi connectivity index (χ0v) is 14.9. The largest absolute Gasteiger partial charge is 0.496 e. The van der Waals surface area contributed by atoms with Gasteiger partial charge in [0.15, 0.2) is 6.61 Å². The minimum atomic E-state index is -0.648. The summed E-state index contributed by atoms with van der Waals surface area (Å²) in [7, 11) is 2.92. The molecular formula is C20H21NO5. The Kier molecular flexibility index (Phi) is 5.41. The van der Waals surface area contributed by atoms with Gasteiger partial charge in [0.2, 0.25) is 0 Å². The number of benzene rings is 2. The molecule has 26 heavy (non-hydrogen) atoms. The first kappa shape index (κ1) is 17.8. The fourth-order valence-corrected chi connectivity index (χ4v) is 3.05. The summed E-state index contributed by atoms with van der Waals surface area (Å²) in [5.74, 6) is -0.186. The third kappa shape index (κ3) is 3.64. The minimum Gasteiger partial charge on any atom is -0.496 e. The van der Waals surface area contributed by atoms with E-state index in [1.807, 2.05) is 18.2 Å². The van der Waals surface area contributed by atoms with Crippen LogP contribution in [-0.2, 0) is 22.5 Å². The molecule has 0 bridgehead atoms. The monoisotopic (exact) mass is 355 g/mol. The molecule has 0 radical (unpaired) electrons. The van der Waals surface area contributed by atoms with Gasteiger partial charge in [-0.15, -0.1) is 0 Å². The fraction of sp³-hybridized carbons (Fsp3) is 0.300. The number of carbonyl (C=O) groups is 2. The highest BCUT2D eigenvalue weighted by molar-refractivity contribution is 5.96. The third-order valence-corrected chi connectivity index (χ3v) is 4.44. The summed E-state index contributed by atoms with van der Waals surface area (Å²) < 4.78 is 15.6. The zero-order chi connectivity index (χ0) is 18.5. The van der Waals surface area contributed by atoms with Crippen LogP contribution in [0.15, 0.2) is 42.5 Å². The standard InChI is InChI=1S/C20H21NO5/c1-24-16-8-5-9-17(25-2)19(16)20(23)26-13-18(22)21-11-10-14-6-3-4-7-15(14)12-21/h3-9H,10-13H2,1-2H3. The number of hydrogen-bond acceptors (Lipinski definition) is 5. The summed E-state index contributed by atoms with van der Waals surface area (Å²) in [6.45, 7) is 0.831. The molecule has 1 amide bonds. The SMILES string of the molecule is COc1cccc(OC)c1C(=O)OCC(=O)N1CCc2ccccc2C1. The number of fused-ring (bicyclic) bond motifs is 1. The number of methoxy groups -OCH3 is 2. The summed E-state index contributed by atoms with van der Waals surface area (Å²) in [5.41, 5.74) is 2.56. The predicted octanol–water partition coefficient (Wildman–Crippen LogP) is 2.45. The van der Waals surface area contributed by atoms with E-state index in [9.17, 15) is 9.59 Å². The van der Waals surface area contributed by atoms with E-state index < -0.39 is 5.97 Å². The van der Waals surface area contributed by atoms with E-state index in [4.69, 9.17) is 14.2 Å². The van der Waals surface area contributed by atoms with Crippen LogP contribution in [0, 0.1) is 0 Å². The lowest BCUT2D eigenvalue weighted by Crippen LogP contribution is -2.38. The number of esters is 1. The molecule has 136 valence electrons. The van der Waals surface area contributed by atoms with Gasteiger partial charge in [0.25, 0.3) is 5.91 Å². The topological polar surface area (TPSA) is 65.1 Å². The first-order valence-electron chi connectivity index (χ1n) is 8.36. The van der Waals surface area contributed by atoms with E-state index in [0.29, 0.717) is 24.6 Å². The quantitative estimate of drug-likeness (QED) is 0.771. The first-order chi connectivity index (χ1) is 12.6. The lowest BCUT2D eigenvalue weighted by atomic mass is 10.00. The molecule has 0 aliphatic carbocycles. The Morgan fingerprint density at radius 2 is 1.62 bits per heavy atom. The van der Waals surface area contributed by atoms with Gasteiger partial charge >= 0.3 is 5.97 Å². The van der Waals surface area contributed by atoms with Crippen LogP contribution in [0.4, 0.5) is 0 Å². The highest BCUT2D eigenvalue weighted by atomic mass is 16.5. The molecule has 2 aromatic carbocycles. The molecule has 1 aliphatic heterocycles. The maximum Gasteiger partial charge on any atom is 0.346 e. The first-order valence-corrected chi connectivity index (χ1v) is 8.36. The molecule has 0 saturated heterocycles. The van der Waals surface area contributed by atoms with Gasteiger partial charge in [-0.2, -0.15) is 0 Å². The van der Waals surface area contributed by atoms with Crippen LogP contribution in [0.5, 0.6) is 11.5 Å². The molecule has 1 heterocycles. The lowest BCUT2D eigenvalue weighted by molar-refractivity contribution is -0.135. The van der Waals surface area contributed by atoms with Crippen molar-refractivity contribution in [1.82, 2.24) is 4.90 Å². The Balaban J connectivity index is 1.65. The maximum absolute atomic E-state index is 12.4. The molecule has 3 rings (SSSR count). The van der Waals surface area contributed by atoms with Crippen LogP contribution >= 0.6 is 0 Å². The zero-order valence-electron chi connectivity index (χ0n) is 14.9. The molecule has 0 fully saturated rings. The third-order valence-electron chi connectivity index (χ3n) is 4.44. The van der Waals surface area contributed by atoms with Gasteiger partial charge in [-0.1, -0.05) is 30.3 Å². The van der Waals surface area contributed by atoms with Crippen molar-refractivity contribution in [3.05, 3.63) is 59.2 Å². The van der Waals surface area contributed by atoms with Crippen LogP contribution in [0.1, 0.15) is 21.5 Å². The number of carbonyl (C=O) groups excluding carboxylic acids is 2. The summed E-state index contributed by atoms with van der Waals surface area (Å²) in [6, 6.07) is 13.0. The Hall–Kier alpha value is -3.02. The average molecular weight is 355 g/mol. The van der Waals surface area contributed by atoms with E-state index in [1.165, 1.54) is 19.8 Å². The fourth-order valence-electron chi connectivity index (χ4n) is 3.05. The molecule has 2 aromatic rings. The van der Waals surface area contributed by atoms with E-state index >= 15 is 0 Å². The van der Waals surface area contributed by atoms with Gasteiger partial charge in [-0.3, -0.25) is 4.79 Å². The summed E-state index contributed by atoms with van der Waals surface area (Å²) in [4.78, 5) is 26.6. The number of nitrogens with zero attached hydrogens (tertiary/aromatic N) is 1. The number of ether oxygens (including phenoxy) is 3. The second kappa shape index (κ2) is 7.91. The van der Waals surface area contributed by atoms with E-state index in [-0.39, 0.29) is 18.1 Å². The van der Waals surface area contributed by atoms with Gasteiger partial charge in [-0.25, -0.2) is 4.79 Å². The number of hydrogen-bond donors (Lipinski definition) is 0. The van der Waals surface area contributed by atoms with Gasteiger partial charge in [0.05, 0.1) is 14.2 Å². The molecule has 0 aromatic heterocycles. The second-order valence-corrected chi connectivity index (χ2v) is 5.95. The van der Waals surface area contributed by atoms with Crippen molar-refractivity contribution < 1.29 is 23.8 Å². The van der Waals surface area contributed by atoms with Crippen LogP contribution in [-0.4, -0.2) is 44.1 Å². The highest BCUT2D eigenvalue weighted by Crippen LogP contribution is 2.29. The van der Waals surface area contributed by atoms with Gasteiger partial charge in [-0.05, 0) is 29.7 Å². The molecule has 0 atom stereocenters. The Morgan fingerprint density at radius 1 is 0.962 bits per heavy atom. The van der Waals surface area contributed by atoms with E-state index in [0.717, 1.165) is 12.0 Å². The minimum absolute atomic E-state index is 0.175. The molecule has 6 nitrogen and oxygen atoms in total. The van der Waals surface area contributed by atoms with Crippen molar-refractivity contribution in [2.24, 2.45) is 0 Å². The molecular weight excluding hydrogens is 334 g/mol. The van der Waals surface area contributed by atoms with Crippen molar-refractivity contribution in [3.8, 4) is 11.5 Å². The van der Waals surface area contributed by atoms with E-state index in [2.05, 4.69) is 6.07 Å². The molecule has 0 N–H and O–H groups in total. The van der Waals surface area contributed by atoms with Crippen molar-refractivity contribution in [2.45, 2.75) is 13.0 Å². The van der Waals surface area contributed by atoms with Crippen molar-refractivity contribution in [2.75, 3.05) is 27.4 Å². The van der Waals surface area contributed by atoms with Crippen LogP contribution < -0.4 is 9.47 Å². The van der Waals surface area contributed by atoms with Gasteiger partial charge in [0, 0.05) is 13.1 Å². The summed E-state index contributed by atoms with van der Waals surface area (Å²) in [5, 5.41) is 0. The second-order valence-electron chi connectivity index (χ2n) is 5.95. The number of amides is 1. The Bertz CT molecular complexity index is 795. The summed E-state index contributed by atoms with van der Waals surface area (Å²) in [6.07, 6.45) is 0.802. The smallest absolute Gasteiger partial charge is 0.346 e. The summed E-state index contributed by atoms with van der Waals surface area (Å²) >= 11 is 0. The maximum atomic E-state index is 12.4. The normalized spacial score (nSPS) is 12.9. The Morgan fingerprint density at radius 3 is 2.27 bits per heavy atom. The molecule has 0 unspecified atom stereocenters.